The van der Waals surface area contributed by atoms with Gasteiger partial charge in [-0.25, -0.2) is 9.78 Å². The number of rotatable bonds is 5. The minimum atomic E-state index is -0.960. The summed E-state index contributed by atoms with van der Waals surface area (Å²) in [5.74, 6) is -1.23. The van der Waals surface area contributed by atoms with Crippen LogP contribution < -0.4 is 5.32 Å². The zero-order valence-electron chi connectivity index (χ0n) is 11.0. The third-order valence-corrected chi connectivity index (χ3v) is 3.49. The number of carboxylic acids is 1. The van der Waals surface area contributed by atoms with Crippen molar-refractivity contribution >= 4 is 27.8 Å². The van der Waals surface area contributed by atoms with E-state index >= 15 is 0 Å². The Kier molecular flexibility index (Phi) is 5.05. The van der Waals surface area contributed by atoms with Gasteiger partial charge in [-0.05, 0) is 52.2 Å². The van der Waals surface area contributed by atoms with Crippen molar-refractivity contribution in [3.05, 3.63) is 63.9 Å². The van der Waals surface area contributed by atoms with E-state index in [1.165, 1.54) is 6.07 Å². The number of carbonyl (C=O) groups is 2. The molecule has 108 valence electrons. The standard InChI is InChI=1S/C15H13BrN2O3/c16-12-5-2-7-17-13(12)14(19)18-8-6-10-3-1-4-11(9-10)15(20)21/h1-5,7,9H,6,8H2,(H,18,19)(H,20,21). The smallest absolute Gasteiger partial charge is 0.335 e. The van der Waals surface area contributed by atoms with Gasteiger partial charge >= 0.3 is 5.97 Å². The van der Waals surface area contributed by atoms with E-state index in [1.807, 2.05) is 6.07 Å². The van der Waals surface area contributed by atoms with Gasteiger partial charge in [0.25, 0.3) is 5.91 Å². The van der Waals surface area contributed by atoms with E-state index in [9.17, 15) is 9.59 Å². The molecule has 2 N–H and O–H groups in total. The van der Waals surface area contributed by atoms with Gasteiger partial charge in [-0.3, -0.25) is 4.79 Å². The number of carboxylic acid groups (broad SMARTS) is 1. The fourth-order valence-electron chi connectivity index (χ4n) is 1.82. The average Bonchev–Trinajstić information content (AvgIpc) is 2.48. The Morgan fingerprint density at radius 2 is 2.05 bits per heavy atom. The van der Waals surface area contributed by atoms with Crippen molar-refractivity contribution in [2.75, 3.05) is 6.54 Å². The number of aromatic nitrogens is 1. The van der Waals surface area contributed by atoms with Gasteiger partial charge in [-0.1, -0.05) is 12.1 Å². The maximum Gasteiger partial charge on any atom is 0.335 e. The normalized spacial score (nSPS) is 10.1. The molecule has 5 nitrogen and oxygen atoms in total. The molecule has 0 spiro atoms. The molecule has 21 heavy (non-hydrogen) atoms. The van der Waals surface area contributed by atoms with Crippen LogP contribution in [0.15, 0.2) is 47.1 Å². The topological polar surface area (TPSA) is 79.3 Å². The Morgan fingerprint density at radius 1 is 1.24 bits per heavy atom. The molecule has 0 aliphatic rings. The van der Waals surface area contributed by atoms with E-state index in [1.54, 1.807) is 30.5 Å². The lowest BCUT2D eigenvalue weighted by molar-refractivity contribution is 0.0696. The molecule has 0 aliphatic carbocycles. The van der Waals surface area contributed by atoms with E-state index in [2.05, 4.69) is 26.2 Å². The second-order valence-electron chi connectivity index (χ2n) is 4.35. The number of nitrogens with one attached hydrogen (secondary N) is 1. The van der Waals surface area contributed by atoms with Gasteiger partial charge in [0.1, 0.15) is 5.69 Å². The van der Waals surface area contributed by atoms with Crippen molar-refractivity contribution in [3.63, 3.8) is 0 Å². The van der Waals surface area contributed by atoms with Crippen molar-refractivity contribution in [3.8, 4) is 0 Å². The van der Waals surface area contributed by atoms with E-state index < -0.39 is 5.97 Å². The lowest BCUT2D eigenvalue weighted by Crippen LogP contribution is -2.26. The Labute approximate surface area is 130 Å². The predicted octanol–water partition coefficient (Wildman–Crippen LogP) is 2.51. The first-order valence-electron chi connectivity index (χ1n) is 6.29. The molecular formula is C15H13BrN2O3. The number of carbonyl (C=O) groups excluding carboxylic acids is 1. The number of pyridine rings is 1. The zero-order chi connectivity index (χ0) is 15.2. The fraction of sp³-hybridized carbons (Fsp3) is 0.133. The second kappa shape index (κ2) is 6.99. The van der Waals surface area contributed by atoms with Crippen LogP contribution in [0.3, 0.4) is 0 Å². The number of benzene rings is 1. The Bertz CT molecular complexity index is 673. The number of halogens is 1. The summed E-state index contributed by atoms with van der Waals surface area (Å²) in [6, 6.07) is 10.1. The van der Waals surface area contributed by atoms with Crippen LogP contribution in [-0.4, -0.2) is 28.5 Å². The number of amides is 1. The van der Waals surface area contributed by atoms with Crippen LogP contribution in [0.4, 0.5) is 0 Å². The van der Waals surface area contributed by atoms with E-state index in [0.29, 0.717) is 23.1 Å². The Balaban J connectivity index is 1.93. The summed E-state index contributed by atoms with van der Waals surface area (Å²) in [4.78, 5) is 26.8. The maximum atomic E-state index is 11.9. The molecular weight excluding hydrogens is 336 g/mol. The van der Waals surface area contributed by atoms with Gasteiger partial charge in [0.05, 0.1) is 5.56 Å². The van der Waals surface area contributed by atoms with Gasteiger partial charge in [-0.15, -0.1) is 0 Å². The molecule has 1 amide bonds. The summed E-state index contributed by atoms with van der Waals surface area (Å²) in [7, 11) is 0. The molecule has 0 fully saturated rings. The van der Waals surface area contributed by atoms with Crippen molar-refractivity contribution in [1.29, 1.82) is 0 Å². The number of aromatic carboxylic acids is 1. The molecule has 0 saturated heterocycles. The third-order valence-electron chi connectivity index (χ3n) is 2.85. The number of nitrogens with zero attached hydrogens (tertiary/aromatic N) is 1. The first-order valence-corrected chi connectivity index (χ1v) is 7.08. The summed E-state index contributed by atoms with van der Waals surface area (Å²) in [5.41, 5.74) is 1.43. The van der Waals surface area contributed by atoms with Crippen LogP contribution in [0.25, 0.3) is 0 Å². The molecule has 0 aliphatic heterocycles. The summed E-state index contributed by atoms with van der Waals surface area (Å²) in [6.07, 6.45) is 2.10. The zero-order valence-corrected chi connectivity index (χ0v) is 12.6. The lowest BCUT2D eigenvalue weighted by atomic mass is 10.1. The molecule has 0 radical (unpaired) electrons. The van der Waals surface area contributed by atoms with E-state index in [4.69, 9.17) is 5.11 Å². The van der Waals surface area contributed by atoms with Gasteiger partial charge in [0, 0.05) is 17.2 Å². The highest BCUT2D eigenvalue weighted by atomic mass is 79.9. The molecule has 2 rings (SSSR count). The third kappa shape index (κ3) is 4.13. The van der Waals surface area contributed by atoms with Crippen LogP contribution in [-0.2, 0) is 6.42 Å². The minimum absolute atomic E-state index is 0.242. The second-order valence-corrected chi connectivity index (χ2v) is 5.20. The van der Waals surface area contributed by atoms with Gasteiger partial charge in [-0.2, -0.15) is 0 Å². The summed E-state index contributed by atoms with van der Waals surface area (Å²) in [5, 5.41) is 11.7. The molecule has 0 atom stereocenters. The minimum Gasteiger partial charge on any atom is -0.478 e. The molecule has 0 unspecified atom stereocenters. The first kappa shape index (κ1) is 15.2. The number of hydrogen-bond donors (Lipinski definition) is 2. The highest BCUT2D eigenvalue weighted by molar-refractivity contribution is 9.10. The van der Waals surface area contributed by atoms with Crippen LogP contribution in [0.1, 0.15) is 26.4 Å². The van der Waals surface area contributed by atoms with Crippen LogP contribution >= 0.6 is 15.9 Å². The van der Waals surface area contributed by atoms with Gasteiger partial charge in [0.2, 0.25) is 0 Å². The highest BCUT2D eigenvalue weighted by Gasteiger charge is 2.10. The van der Waals surface area contributed by atoms with Crippen LogP contribution in [0, 0.1) is 0 Å². The largest absolute Gasteiger partial charge is 0.478 e. The molecule has 1 aromatic carbocycles. The SMILES string of the molecule is O=C(O)c1cccc(CCNC(=O)c2ncccc2Br)c1. The molecule has 0 bridgehead atoms. The molecule has 0 saturated carbocycles. The highest BCUT2D eigenvalue weighted by Crippen LogP contribution is 2.12. The van der Waals surface area contributed by atoms with Crippen molar-refractivity contribution in [2.24, 2.45) is 0 Å². The van der Waals surface area contributed by atoms with Crippen LogP contribution in [0.5, 0.6) is 0 Å². The Hall–Kier alpha value is -2.21. The summed E-state index contributed by atoms with van der Waals surface area (Å²) in [6.45, 7) is 0.408. The number of hydrogen-bond acceptors (Lipinski definition) is 3. The molecule has 1 aromatic heterocycles. The van der Waals surface area contributed by atoms with Crippen molar-refractivity contribution in [1.82, 2.24) is 10.3 Å². The summed E-state index contributed by atoms with van der Waals surface area (Å²) >= 11 is 3.27. The average molecular weight is 349 g/mol. The predicted molar refractivity (Wildman–Crippen MR) is 81.4 cm³/mol. The van der Waals surface area contributed by atoms with Gasteiger partial charge < -0.3 is 10.4 Å². The van der Waals surface area contributed by atoms with Crippen molar-refractivity contribution in [2.45, 2.75) is 6.42 Å². The maximum absolute atomic E-state index is 11.9. The van der Waals surface area contributed by atoms with Gasteiger partial charge in [0.15, 0.2) is 0 Å². The summed E-state index contributed by atoms with van der Waals surface area (Å²) < 4.78 is 0.635. The molecule has 6 heteroatoms. The first-order chi connectivity index (χ1) is 10.1. The van der Waals surface area contributed by atoms with Crippen LogP contribution in [0.2, 0.25) is 0 Å². The van der Waals surface area contributed by atoms with Crippen molar-refractivity contribution < 1.29 is 14.7 Å². The Morgan fingerprint density at radius 3 is 2.76 bits per heavy atom. The molecule has 1 heterocycles. The monoisotopic (exact) mass is 348 g/mol. The quantitative estimate of drug-likeness (QED) is 0.869. The fourth-order valence-corrected chi connectivity index (χ4v) is 2.25. The lowest BCUT2D eigenvalue weighted by Gasteiger charge is -2.06. The van der Waals surface area contributed by atoms with E-state index in [0.717, 1.165) is 5.56 Å². The van der Waals surface area contributed by atoms with E-state index in [-0.39, 0.29) is 11.5 Å². The molecule has 2 aromatic rings.